The first kappa shape index (κ1) is 19.9. The van der Waals surface area contributed by atoms with E-state index in [1.54, 1.807) is 24.3 Å². The number of para-hydroxylation sites is 1. The maximum absolute atomic E-state index is 13.4. The van der Waals surface area contributed by atoms with Gasteiger partial charge in [0.05, 0.1) is 10.7 Å². The maximum atomic E-state index is 13.4. The van der Waals surface area contributed by atoms with Gasteiger partial charge in [-0.25, -0.2) is 4.98 Å². The number of hydrogen-bond acceptors (Lipinski definition) is 4. The molecule has 0 saturated heterocycles. The highest BCUT2D eigenvalue weighted by molar-refractivity contribution is 6.33. The van der Waals surface area contributed by atoms with Crippen LogP contribution in [0.1, 0.15) is 24.5 Å². The summed E-state index contributed by atoms with van der Waals surface area (Å²) < 4.78 is 40.1. The fraction of sp³-hybridized carbons (Fsp3) is 0.200. The number of nitrogens with zero attached hydrogens (tertiary/aromatic N) is 2. The summed E-state index contributed by atoms with van der Waals surface area (Å²) in [4.78, 5) is 7.83. The number of halogens is 4. The molecule has 28 heavy (non-hydrogen) atoms. The van der Waals surface area contributed by atoms with E-state index in [0.29, 0.717) is 11.4 Å². The van der Waals surface area contributed by atoms with Crippen LogP contribution in [0.5, 0.6) is 0 Å². The Morgan fingerprint density at radius 1 is 1.00 bits per heavy atom. The average molecular weight is 407 g/mol. The Kier molecular flexibility index (Phi) is 6.04. The summed E-state index contributed by atoms with van der Waals surface area (Å²) in [6.45, 7) is 2.09. The molecule has 0 radical (unpaired) electrons. The highest BCUT2D eigenvalue weighted by Gasteiger charge is 2.35. The van der Waals surface area contributed by atoms with Gasteiger partial charge in [-0.15, -0.1) is 0 Å². The standard InChI is InChI=1S/C20H18ClF3N4/c1-2-5-13-8-10-14(11-9-13)26-19-25-12-15(20(22,23)24)18(28-19)27-17-7-4-3-6-16(17)21/h3-4,6-12H,2,5H2,1H3,(H2,25,26,27,28). The molecule has 3 aromatic rings. The molecular weight excluding hydrogens is 389 g/mol. The number of rotatable bonds is 6. The van der Waals surface area contributed by atoms with Crippen molar-refractivity contribution in [1.29, 1.82) is 0 Å². The van der Waals surface area contributed by atoms with Gasteiger partial charge in [0.2, 0.25) is 5.95 Å². The summed E-state index contributed by atoms with van der Waals surface area (Å²) in [7, 11) is 0. The van der Waals surface area contributed by atoms with Gasteiger partial charge in [-0.1, -0.05) is 49.2 Å². The predicted octanol–water partition coefficient (Wildman–Crippen LogP) is 6.59. The first-order valence-corrected chi connectivity index (χ1v) is 9.06. The maximum Gasteiger partial charge on any atom is 0.421 e. The first-order chi connectivity index (χ1) is 13.4. The van der Waals surface area contributed by atoms with Crippen LogP contribution in [0, 0.1) is 0 Å². The lowest BCUT2D eigenvalue weighted by molar-refractivity contribution is -0.137. The van der Waals surface area contributed by atoms with Crippen molar-refractivity contribution in [3.63, 3.8) is 0 Å². The number of alkyl halides is 3. The summed E-state index contributed by atoms with van der Waals surface area (Å²) in [5.41, 5.74) is 1.21. The zero-order valence-corrected chi connectivity index (χ0v) is 15.8. The first-order valence-electron chi connectivity index (χ1n) is 8.68. The molecule has 0 spiro atoms. The second-order valence-electron chi connectivity index (χ2n) is 6.13. The molecule has 4 nitrogen and oxygen atoms in total. The number of anilines is 4. The van der Waals surface area contributed by atoms with E-state index in [-0.39, 0.29) is 16.8 Å². The molecule has 3 rings (SSSR count). The lowest BCUT2D eigenvalue weighted by Crippen LogP contribution is -2.12. The van der Waals surface area contributed by atoms with Crippen LogP contribution in [-0.4, -0.2) is 9.97 Å². The number of nitrogens with one attached hydrogen (secondary N) is 2. The Labute approximate surface area is 165 Å². The second-order valence-corrected chi connectivity index (χ2v) is 6.54. The van der Waals surface area contributed by atoms with Crippen molar-refractivity contribution < 1.29 is 13.2 Å². The molecule has 0 saturated carbocycles. The largest absolute Gasteiger partial charge is 0.421 e. The van der Waals surface area contributed by atoms with Crippen LogP contribution in [0.25, 0.3) is 0 Å². The smallest absolute Gasteiger partial charge is 0.338 e. The van der Waals surface area contributed by atoms with Crippen LogP contribution >= 0.6 is 11.6 Å². The topological polar surface area (TPSA) is 49.8 Å². The molecule has 146 valence electrons. The molecule has 0 atom stereocenters. The van der Waals surface area contributed by atoms with Crippen LogP contribution in [0.4, 0.5) is 36.3 Å². The van der Waals surface area contributed by atoms with E-state index in [1.165, 1.54) is 5.56 Å². The number of benzene rings is 2. The molecule has 0 aliphatic carbocycles. The van der Waals surface area contributed by atoms with Crippen molar-refractivity contribution in [2.75, 3.05) is 10.6 Å². The molecule has 1 heterocycles. The highest BCUT2D eigenvalue weighted by atomic mass is 35.5. The van der Waals surface area contributed by atoms with Crippen LogP contribution in [0.3, 0.4) is 0 Å². The molecule has 0 fully saturated rings. The van der Waals surface area contributed by atoms with Crippen LogP contribution < -0.4 is 10.6 Å². The molecule has 2 aromatic carbocycles. The minimum absolute atomic E-state index is 0.0470. The Hall–Kier alpha value is -2.80. The van der Waals surface area contributed by atoms with Gasteiger partial charge in [-0.05, 0) is 36.2 Å². The van der Waals surface area contributed by atoms with Gasteiger partial charge in [0.25, 0.3) is 0 Å². The predicted molar refractivity (Wildman–Crippen MR) is 105 cm³/mol. The van der Waals surface area contributed by atoms with Crippen molar-refractivity contribution in [3.05, 3.63) is 70.9 Å². The van der Waals surface area contributed by atoms with E-state index in [9.17, 15) is 13.2 Å². The lowest BCUT2D eigenvalue weighted by atomic mass is 10.1. The van der Waals surface area contributed by atoms with Gasteiger partial charge in [-0.2, -0.15) is 18.2 Å². The molecule has 0 bridgehead atoms. The molecule has 8 heteroatoms. The van der Waals surface area contributed by atoms with Crippen molar-refractivity contribution in [1.82, 2.24) is 9.97 Å². The van der Waals surface area contributed by atoms with Crippen LogP contribution in [0.15, 0.2) is 54.7 Å². The van der Waals surface area contributed by atoms with Gasteiger partial charge < -0.3 is 10.6 Å². The summed E-state index contributed by atoms with van der Waals surface area (Å²) in [6, 6.07) is 14.1. The lowest BCUT2D eigenvalue weighted by Gasteiger charge is -2.15. The summed E-state index contributed by atoms with van der Waals surface area (Å²) in [5, 5.41) is 5.87. The third-order valence-electron chi connectivity index (χ3n) is 3.97. The Bertz CT molecular complexity index is 943. The molecule has 0 aliphatic heterocycles. The zero-order valence-electron chi connectivity index (χ0n) is 15.0. The molecule has 0 amide bonds. The minimum Gasteiger partial charge on any atom is -0.338 e. The summed E-state index contributed by atoms with van der Waals surface area (Å²) in [6.07, 6.45) is -1.86. The van der Waals surface area contributed by atoms with Gasteiger partial charge in [0.1, 0.15) is 11.4 Å². The van der Waals surface area contributed by atoms with Crippen molar-refractivity contribution in [3.8, 4) is 0 Å². The minimum atomic E-state index is -4.61. The van der Waals surface area contributed by atoms with Crippen molar-refractivity contribution in [2.24, 2.45) is 0 Å². The van der Waals surface area contributed by atoms with E-state index in [0.717, 1.165) is 19.0 Å². The van der Waals surface area contributed by atoms with Crippen molar-refractivity contribution in [2.45, 2.75) is 25.9 Å². The fourth-order valence-corrected chi connectivity index (χ4v) is 2.79. The van der Waals surface area contributed by atoms with Gasteiger partial charge in [-0.3, -0.25) is 0 Å². The monoisotopic (exact) mass is 406 g/mol. The van der Waals surface area contributed by atoms with Crippen LogP contribution in [0.2, 0.25) is 5.02 Å². The zero-order chi connectivity index (χ0) is 20.1. The molecule has 0 aliphatic rings. The second kappa shape index (κ2) is 8.48. The average Bonchev–Trinajstić information content (AvgIpc) is 2.65. The van der Waals surface area contributed by atoms with Gasteiger partial charge >= 0.3 is 6.18 Å². The normalized spacial score (nSPS) is 11.3. The van der Waals surface area contributed by atoms with Gasteiger partial charge in [0.15, 0.2) is 0 Å². The Balaban J connectivity index is 1.90. The highest BCUT2D eigenvalue weighted by Crippen LogP contribution is 2.36. The quantitative estimate of drug-likeness (QED) is 0.485. The van der Waals surface area contributed by atoms with Crippen molar-refractivity contribution >= 4 is 34.7 Å². The number of hydrogen-bond donors (Lipinski definition) is 2. The molecule has 1 aromatic heterocycles. The van der Waals surface area contributed by atoms with E-state index in [4.69, 9.17) is 11.6 Å². The summed E-state index contributed by atoms with van der Waals surface area (Å²) in [5.74, 6) is -0.327. The van der Waals surface area contributed by atoms with E-state index < -0.39 is 11.7 Å². The fourth-order valence-electron chi connectivity index (χ4n) is 2.61. The van der Waals surface area contributed by atoms with E-state index in [2.05, 4.69) is 27.5 Å². The van der Waals surface area contributed by atoms with E-state index in [1.807, 2.05) is 24.3 Å². The van der Waals surface area contributed by atoms with Gasteiger partial charge in [0, 0.05) is 11.9 Å². The van der Waals surface area contributed by atoms with E-state index >= 15 is 0 Å². The number of aryl methyl sites for hydroxylation is 1. The SMILES string of the molecule is CCCc1ccc(Nc2ncc(C(F)(F)F)c(Nc3ccccc3Cl)n2)cc1. The number of aromatic nitrogens is 2. The molecular formula is C20H18ClF3N4. The summed E-state index contributed by atoms with van der Waals surface area (Å²) >= 11 is 6.05. The Morgan fingerprint density at radius 2 is 1.71 bits per heavy atom. The molecule has 2 N–H and O–H groups in total. The molecule has 0 unspecified atom stereocenters. The Morgan fingerprint density at radius 3 is 2.36 bits per heavy atom. The third kappa shape index (κ3) is 4.92. The third-order valence-corrected chi connectivity index (χ3v) is 4.30. The van der Waals surface area contributed by atoms with Crippen LogP contribution in [-0.2, 0) is 12.6 Å².